The van der Waals surface area contributed by atoms with Gasteiger partial charge in [0.15, 0.2) is 0 Å². The highest BCUT2D eigenvalue weighted by Crippen LogP contribution is 2.28. The lowest BCUT2D eigenvalue weighted by Crippen LogP contribution is -2.47. The molecule has 1 rings (SSSR count). The van der Waals surface area contributed by atoms with Crippen LogP contribution in [0.3, 0.4) is 0 Å². The maximum absolute atomic E-state index is 12.3. The first-order valence-electron chi connectivity index (χ1n) is 9.31. The lowest BCUT2D eigenvalue weighted by Gasteiger charge is -2.29. The highest BCUT2D eigenvalue weighted by Gasteiger charge is 2.30. The molecule has 0 aromatic rings. The number of hydrogen-bond donors (Lipinski definition) is 4. The summed E-state index contributed by atoms with van der Waals surface area (Å²) in [6, 6.07) is -1.31. The third-order valence-corrected chi connectivity index (χ3v) is 5.63. The van der Waals surface area contributed by atoms with Gasteiger partial charge in [-0.2, -0.15) is 11.8 Å². The van der Waals surface area contributed by atoms with Gasteiger partial charge in [0.1, 0.15) is 6.04 Å². The number of hydrogen-bond acceptors (Lipinski definition) is 5. The third kappa shape index (κ3) is 9.17. The van der Waals surface area contributed by atoms with Gasteiger partial charge >= 0.3 is 5.97 Å². The SMILES string of the molecule is CSCCC(N)C(=O)NCC1CCC(C(=O)NC(C(=O)O)C(C)C)CC1.Cl. The van der Waals surface area contributed by atoms with Crippen molar-refractivity contribution in [2.45, 2.75) is 58.0 Å². The molecule has 1 aliphatic rings. The molecule has 2 amide bonds. The summed E-state index contributed by atoms with van der Waals surface area (Å²) in [5.41, 5.74) is 5.85. The Bertz CT molecular complexity index is 485. The summed E-state index contributed by atoms with van der Waals surface area (Å²) in [5, 5.41) is 14.8. The topological polar surface area (TPSA) is 122 Å². The number of nitrogens with two attached hydrogens (primary N) is 1. The Hall–Kier alpha value is -0.990. The van der Waals surface area contributed by atoms with Crippen LogP contribution in [0.4, 0.5) is 0 Å². The second-order valence-electron chi connectivity index (χ2n) is 7.42. The predicted octanol–water partition coefficient (Wildman–Crippen LogP) is 1.64. The number of carboxylic acid groups (broad SMARTS) is 1. The molecule has 0 spiro atoms. The smallest absolute Gasteiger partial charge is 0.326 e. The number of amides is 2. The average molecular weight is 424 g/mol. The van der Waals surface area contributed by atoms with Gasteiger partial charge in [0.2, 0.25) is 11.8 Å². The second kappa shape index (κ2) is 13.2. The number of carbonyl (C=O) groups excluding carboxylic acids is 2. The maximum atomic E-state index is 12.3. The van der Waals surface area contributed by atoms with Crippen molar-refractivity contribution in [1.29, 1.82) is 0 Å². The molecular formula is C18H34ClN3O4S. The summed E-state index contributed by atoms with van der Waals surface area (Å²) in [5.74, 6) is -0.376. The highest BCUT2D eigenvalue weighted by molar-refractivity contribution is 7.98. The van der Waals surface area contributed by atoms with Crippen molar-refractivity contribution in [3.8, 4) is 0 Å². The zero-order valence-electron chi connectivity index (χ0n) is 16.4. The molecule has 2 unspecified atom stereocenters. The van der Waals surface area contributed by atoms with Gasteiger partial charge in [0, 0.05) is 12.5 Å². The second-order valence-corrected chi connectivity index (χ2v) is 8.40. The van der Waals surface area contributed by atoms with Crippen molar-refractivity contribution >= 4 is 42.0 Å². The molecule has 0 saturated heterocycles. The summed E-state index contributed by atoms with van der Waals surface area (Å²) in [7, 11) is 0. The predicted molar refractivity (Wildman–Crippen MR) is 111 cm³/mol. The summed E-state index contributed by atoms with van der Waals surface area (Å²) in [6.07, 6.45) is 5.78. The Labute approximate surface area is 172 Å². The van der Waals surface area contributed by atoms with Gasteiger partial charge in [0.25, 0.3) is 0 Å². The molecule has 0 aromatic heterocycles. The van der Waals surface area contributed by atoms with E-state index in [0.29, 0.717) is 18.9 Å². The molecule has 0 aliphatic heterocycles. The molecule has 9 heteroatoms. The molecule has 0 heterocycles. The molecule has 0 radical (unpaired) electrons. The van der Waals surface area contributed by atoms with E-state index < -0.39 is 18.1 Å². The van der Waals surface area contributed by atoms with Gasteiger partial charge in [-0.1, -0.05) is 13.8 Å². The van der Waals surface area contributed by atoms with E-state index in [2.05, 4.69) is 10.6 Å². The van der Waals surface area contributed by atoms with Crippen molar-refractivity contribution in [1.82, 2.24) is 10.6 Å². The van der Waals surface area contributed by atoms with Crippen molar-refractivity contribution in [3.05, 3.63) is 0 Å². The number of thioether (sulfide) groups is 1. The number of nitrogens with one attached hydrogen (secondary N) is 2. The molecule has 1 fully saturated rings. The fraction of sp³-hybridized carbons (Fsp3) is 0.833. The fourth-order valence-electron chi connectivity index (χ4n) is 3.17. The van der Waals surface area contributed by atoms with Gasteiger partial charge in [0.05, 0.1) is 6.04 Å². The minimum atomic E-state index is -0.998. The minimum Gasteiger partial charge on any atom is -0.480 e. The normalized spacial score (nSPS) is 21.7. The van der Waals surface area contributed by atoms with Crippen molar-refractivity contribution in [2.75, 3.05) is 18.6 Å². The van der Waals surface area contributed by atoms with Crippen LogP contribution in [0.5, 0.6) is 0 Å². The molecule has 27 heavy (non-hydrogen) atoms. The molecule has 5 N–H and O–H groups in total. The van der Waals surface area contributed by atoms with E-state index in [4.69, 9.17) is 5.73 Å². The molecule has 1 saturated carbocycles. The zero-order chi connectivity index (χ0) is 19.7. The highest BCUT2D eigenvalue weighted by atomic mass is 35.5. The Morgan fingerprint density at radius 2 is 1.78 bits per heavy atom. The lowest BCUT2D eigenvalue weighted by atomic mass is 9.81. The van der Waals surface area contributed by atoms with Crippen LogP contribution in [0, 0.1) is 17.8 Å². The van der Waals surface area contributed by atoms with Crippen LogP contribution in [0.15, 0.2) is 0 Å². The summed E-state index contributed by atoms with van der Waals surface area (Å²) >= 11 is 1.67. The van der Waals surface area contributed by atoms with Crippen molar-refractivity contribution in [2.24, 2.45) is 23.5 Å². The van der Waals surface area contributed by atoms with Crippen LogP contribution >= 0.6 is 24.2 Å². The largest absolute Gasteiger partial charge is 0.480 e. The lowest BCUT2D eigenvalue weighted by molar-refractivity contribution is -0.144. The van der Waals surface area contributed by atoms with E-state index in [1.54, 1.807) is 25.6 Å². The molecule has 1 aliphatic carbocycles. The van der Waals surface area contributed by atoms with Crippen molar-refractivity contribution < 1.29 is 19.5 Å². The summed E-state index contributed by atoms with van der Waals surface area (Å²) in [6.45, 7) is 4.15. The monoisotopic (exact) mass is 423 g/mol. The van der Waals surface area contributed by atoms with E-state index in [0.717, 1.165) is 31.4 Å². The summed E-state index contributed by atoms with van der Waals surface area (Å²) in [4.78, 5) is 35.5. The molecule has 0 bridgehead atoms. The van der Waals surface area contributed by atoms with E-state index in [1.807, 2.05) is 6.26 Å². The van der Waals surface area contributed by atoms with Crippen molar-refractivity contribution in [3.63, 3.8) is 0 Å². The van der Waals surface area contributed by atoms with Gasteiger partial charge < -0.3 is 21.5 Å². The fourth-order valence-corrected chi connectivity index (χ4v) is 3.66. The van der Waals surface area contributed by atoms with E-state index >= 15 is 0 Å². The maximum Gasteiger partial charge on any atom is 0.326 e. The van der Waals surface area contributed by atoms with Crippen LogP contribution in [-0.4, -0.2) is 53.5 Å². The van der Waals surface area contributed by atoms with E-state index in [9.17, 15) is 19.5 Å². The van der Waals surface area contributed by atoms with E-state index in [1.165, 1.54) is 0 Å². The average Bonchev–Trinajstić information content (AvgIpc) is 2.61. The number of rotatable bonds is 10. The van der Waals surface area contributed by atoms with Crippen LogP contribution in [0.1, 0.15) is 46.0 Å². The first kappa shape index (κ1) is 26.0. The molecule has 7 nitrogen and oxygen atoms in total. The number of halogens is 1. The molecule has 0 aromatic carbocycles. The third-order valence-electron chi connectivity index (χ3n) is 4.98. The standard InChI is InChI=1S/C18H33N3O4S.ClH/c1-11(2)15(18(24)25)21-16(22)13-6-4-12(5-7-13)10-20-17(23)14(19)8-9-26-3;/h11-15H,4-10,19H2,1-3H3,(H,20,23)(H,21,22)(H,24,25);1H. The Balaban J connectivity index is 0.00000676. The van der Waals surface area contributed by atoms with Gasteiger partial charge in [-0.3, -0.25) is 9.59 Å². The van der Waals surface area contributed by atoms with Crippen LogP contribution in [-0.2, 0) is 14.4 Å². The number of aliphatic carboxylic acids is 1. The molecular weight excluding hydrogens is 390 g/mol. The Morgan fingerprint density at radius 3 is 2.26 bits per heavy atom. The van der Waals surface area contributed by atoms with Crippen LogP contribution < -0.4 is 16.4 Å². The van der Waals surface area contributed by atoms with Gasteiger partial charge in [-0.25, -0.2) is 4.79 Å². The van der Waals surface area contributed by atoms with Crippen LogP contribution in [0.2, 0.25) is 0 Å². The zero-order valence-corrected chi connectivity index (χ0v) is 18.0. The molecule has 2 atom stereocenters. The summed E-state index contributed by atoms with van der Waals surface area (Å²) < 4.78 is 0. The first-order valence-corrected chi connectivity index (χ1v) is 10.7. The van der Waals surface area contributed by atoms with E-state index in [-0.39, 0.29) is 36.1 Å². The van der Waals surface area contributed by atoms with Gasteiger partial charge in [-0.05, 0) is 55.9 Å². The molecule has 158 valence electrons. The van der Waals surface area contributed by atoms with Crippen LogP contribution in [0.25, 0.3) is 0 Å². The Morgan fingerprint density at radius 1 is 1.19 bits per heavy atom. The van der Waals surface area contributed by atoms with Gasteiger partial charge in [-0.15, -0.1) is 12.4 Å². The number of carbonyl (C=O) groups is 3. The quantitative estimate of drug-likeness (QED) is 0.423. The minimum absolute atomic E-state index is 0. The first-order chi connectivity index (χ1) is 12.3. The number of carboxylic acids is 1. The Kier molecular flexibility index (Phi) is 12.7.